The lowest BCUT2D eigenvalue weighted by atomic mass is 10.0. The number of nitrogens with zero attached hydrogens (tertiary/aromatic N) is 1. The molecule has 0 saturated carbocycles. The molecule has 0 amide bonds. The van der Waals surface area contributed by atoms with Gasteiger partial charge in [-0.05, 0) is 18.2 Å². The van der Waals surface area contributed by atoms with Crippen molar-refractivity contribution in [2.24, 2.45) is 0 Å². The van der Waals surface area contributed by atoms with Crippen LogP contribution in [0.3, 0.4) is 0 Å². The van der Waals surface area contributed by atoms with E-state index in [0.29, 0.717) is 21.2 Å². The average molecular weight is 370 g/mol. The summed E-state index contributed by atoms with van der Waals surface area (Å²) in [5, 5.41) is 1.43. The Morgan fingerprint density at radius 1 is 1.25 bits per heavy atom. The van der Waals surface area contributed by atoms with Crippen LogP contribution in [0.5, 0.6) is 0 Å². The van der Waals surface area contributed by atoms with Crippen molar-refractivity contribution in [2.45, 2.75) is 0 Å². The summed E-state index contributed by atoms with van der Waals surface area (Å²) >= 11 is 15.6. The third-order valence-electron chi connectivity index (χ3n) is 2.96. The Kier molecular flexibility index (Phi) is 3.54. The van der Waals surface area contributed by atoms with Crippen LogP contribution in [0, 0.1) is 0 Å². The van der Waals surface area contributed by atoms with Crippen molar-refractivity contribution in [3.8, 4) is 0 Å². The predicted molar refractivity (Wildman–Crippen MR) is 83.7 cm³/mol. The number of carbonyl (C=O) groups is 1. The number of pyridine rings is 1. The van der Waals surface area contributed by atoms with Crippen LogP contribution in [0.4, 0.5) is 0 Å². The molecule has 20 heavy (non-hydrogen) atoms. The molecule has 0 spiro atoms. The summed E-state index contributed by atoms with van der Waals surface area (Å²) in [4.78, 5) is 19.7. The largest absolute Gasteiger partial charge is 0.359 e. The van der Waals surface area contributed by atoms with E-state index in [2.05, 4.69) is 25.9 Å². The molecule has 0 unspecified atom stereocenters. The summed E-state index contributed by atoms with van der Waals surface area (Å²) in [6.45, 7) is 0. The molecule has 0 aliphatic heterocycles. The van der Waals surface area contributed by atoms with Gasteiger partial charge in [0.25, 0.3) is 0 Å². The van der Waals surface area contributed by atoms with Crippen LogP contribution in [-0.4, -0.2) is 15.8 Å². The van der Waals surface area contributed by atoms with E-state index in [9.17, 15) is 4.79 Å². The highest BCUT2D eigenvalue weighted by Gasteiger charge is 2.20. The smallest absolute Gasteiger partial charge is 0.198 e. The van der Waals surface area contributed by atoms with Crippen molar-refractivity contribution in [3.63, 3.8) is 0 Å². The number of carbonyl (C=O) groups excluding carboxylic acids is 1. The van der Waals surface area contributed by atoms with E-state index in [1.54, 1.807) is 36.8 Å². The fourth-order valence-electron chi connectivity index (χ4n) is 2.05. The van der Waals surface area contributed by atoms with Gasteiger partial charge in [-0.15, -0.1) is 0 Å². The van der Waals surface area contributed by atoms with Crippen LogP contribution >= 0.6 is 39.1 Å². The molecule has 6 heteroatoms. The SMILES string of the molecule is O=C(c1c(Cl)cc(Br)cc1Cl)c1c[nH]c2cnccc12. The topological polar surface area (TPSA) is 45.8 Å². The fourth-order valence-corrected chi connectivity index (χ4v) is 3.43. The molecule has 0 aliphatic carbocycles. The Labute approximate surface area is 133 Å². The molecule has 0 atom stereocenters. The molecule has 3 rings (SSSR count). The Hall–Kier alpha value is -1.36. The summed E-state index contributed by atoms with van der Waals surface area (Å²) in [6.07, 6.45) is 4.94. The van der Waals surface area contributed by atoms with E-state index in [1.807, 2.05) is 0 Å². The maximum Gasteiger partial charge on any atom is 0.198 e. The molecule has 1 N–H and O–H groups in total. The number of fused-ring (bicyclic) bond motifs is 1. The van der Waals surface area contributed by atoms with Gasteiger partial charge in [-0.25, -0.2) is 0 Å². The number of aromatic nitrogens is 2. The minimum absolute atomic E-state index is 0.218. The molecule has 2 heterocycles. The fraction of sp³-hybridized carbons (Fsp3) is 0. The highest BCUT2D eigenvalue weighted by atomic mass is 79.9. The van der Waals surface area contributed by atoms with Gasteiger partial charge < -0.3 is 4.98 Å². The lowest BCUT2D eigenvalue weighted by molar-refractivity contribution is 0.104. The van der Waals surface area contributed by atoms with Gasteiger partial charge >= 0.3 is 0 Å². The zero-order valence-corrected chi connectivity index (χ0v) is 13.1. The predicted octanol–water partition coefficient (Wildman–Crippen LogP) is 4.86. The average Bonchev–Trinajstić information content (AvgIpc) is 2.81. The van der Waals surface area contributed by atoms with Gasteiger partial charge in [0, 0.05) is 27.8 Å². The first-order valence-corrected chi connectivity index (χ1v) is 7.23. The minimum atomic E-state index is -0.218. The molecule has 0 fully saturated rings. The number of aromatic amines is 1. The molecular formula is C14H7BrCl2N2O. The Morgan fingerprint density at radius 2 is 1.95 bits per heavy atom. The molecule has 3 aromatic rings. The Balaban J connectivity index is 2.19. The molecule has 100 valence electrons. The van der Waals surface area contributed by atoms with Gasteiger partial charge in [-0.3, -0.25) is 9.78 Å². The highest BCUT2D eigenvalue weighted by molar-refractivity contribution is 9.10. The first-order valence-electron chi connectivity index (χ1n) is 5.68. The Bertz CT molecular complexity index is 806. The minimum Gasteiger partial charge on any atom is -0.359 e. The summed E-state index contributed by atoms with van der Waals surface area (Å²) in [7, 11) is 0. The summed E-state index contributed by atoms with van der Waals surface area (Å²) in [6, 6.07) is 5.08. The number of hydrogen-bond donors (Lipinski definition) is 1. The van der Waals surface area contributed by atoms with Crippen molar-refractivity contribution < 1.29 is 4.79 Å². The van der Waals surface area contributed by atoms with Gasteiger partial charge in [0.15, 0.2) is 5.78 Å². The van der Waals surface area contributed by atoms with Gasteiger partial charge in [0.2, 0.25) is 0 Å². The molecule has 1 aromatic carbocycles. The van der Waals surface area contributed by atoms with Gasteiger partial charge in [0.1, 0.15) is 0 Å². The summed E-state index contributed by atoms with van der Waals surface area (Å²) < 4.78 is 0.729. The lowest BCUT2D eigenvalue weighted by Crippen LogP contribution is -2.02. The van der Waals surface area contributed by atoms with Crippen LogP contribution in [0.2, 0.25) is 10.0 Å². The number of H-pyrrole nitrogens is 1. The molecule has 0 bridgehead atoms. The van der Waals surface area contributed by atoms with E-state index >= 15 is 0 Å². The van der Waals surface area contributed by atoms with Crippen LogP contribution in [-0.2, 0) is 0 Å². The van der Waals surface area contributed by atoms with Crippen molar-refractivity contribution in [3.05, 3.63) is 62.4 Å². The van der Waals surface area contributed by atoms with Crippen LogP contribution in [0.15, 0.2) is 41.3 Å². The van der Waals surface area contributed by atoms with Crippen LogP contribution in [0.25, 0.3) is 10.9 Å². The highest BCUT2D eigenvalue weighted by Crippen LogP contribution is 2.32. The van der Waals surface area contributed by atoms with Crippen LogP contribution < -0.4 is 0 Å². The molecular weight excluding hydrogens is 363 g/mol. The molecule has 3 nitrogen and oxygen atoms in total. The second-order valence-electron chi connectivity index (χ2n) is 4.20. The van der Waals surface area contributed by atoms with Crippen molar-refractivity contribution in [1.29, 1.82) is 0 Å². The van der Waals surface area contributed by atoms with E-state index in [0.717, 1.165) is 15.4 Å². The van der Waals surface area contributed by atoms with Crippen molar-refractivity contribution in [2.75, 3.05) is 0 Å². The number of nitrogens with one attached hydrogen (secondary N) is 1. The maximum absolute atomic E-state index is 12.6. The zero-order valence-electron chi connectivity index (χ0n) is 9.95. The second-order valence-corrected chi connectivity index (χ2v) is 5.93. The molecule has 0 aliphatic rings. The first-order chi connectivity index (χ1) is 9.58. The normalized spacial score (nSPS) is 10.9. The first kappa shape index (κ1) is 13.6. The van der Waals surface area contributed by atoms with Crippen LogP contribution in [0.1, 0.15) is 15.9 Å². The molecule has 2 aromatic heterocycles. The van der Waals surface area contributed by atoms with Crippen molar-refractivity contribution >= 4 is 55.8 Å². The van der Waals surface area contributed by atoms with E-state index in [1.165, 1.54) is 0 Å². The Morgan fingerprint density at radius 3 is 2.65 bits per heavy atom. The monoisotopic (exact) mass is 368 g/mol. The van der Waals surface area contributed by atoms with E-state index in [4.69, 9.17) is 23.2 Å². The summed E-state index contributed by atoms with van der Waals surface area (Å²) in [5.74, 6) is -0.218. The third-order valence-corrected chi connectivity index (χ3v) is 4.02. The van der Waals surface area contributed by atoms with Gasteiger partial charge in [-0.1, -0.05) is 39.1 Å². The maximum atomic E-state index is 12.6. The summed E-state index contributed by atoms with van der Waals surface area (Å²) in [5.41, 5.74) is 1.61. The van der Waals surface area contributed by atoms with E-state index in [-0.39, 0.29) is 5.78 Å². The van der Waals surface area contributed by atoms with Crippen molar-refractivity contribution in [1.82, 2.24) is 9.97 Å². The van der Waals surface area contributed by atoms with E-state index < -0.39 is 0 Å². The number of rotatable bonds is 2. The number of benzene rings is 1. The standard InChI is InChI=1S/C14H7BrCl2N2O/c15-7-3-10(16)13(11(17)4-7)14(20)9-5-19-12-6-18-2-1-8(9)12/h1-6,19H. The second kappa shape index (κ2) is 5.20. The quantitative estimate of drug-likeness (QED) is 0.655. The number of hydrogen-bond acceptors (Lipinski definition) is 2. The molecule has 0 saturated heterocycles. The third kappa shape index (κ3) is 2.24. The lowest BCUT2D eigenvalue weighted by Gasteiger charge is -2.06. The number of ketones is 1. The van der Waals surface area contributed by atoms with Gasteiger partial charge in [0.05, 0.1) is 27.3 Å². The van der Waals surface area contributed by atoms with Gasteiger partial charge in [-0.2, -0.15) is 0 Å². The number of halogens is 3. The zero-order chi connectivity index (χ0) is 14.3. The molecule has 0 radical (unpaired) electrons.